The van der Waals surface area contributed by atoms with Gasteiger partial charge in [-0.15, -0.1) is 0 Å². The second-order valence-electron chi connectivity index (χ2n) is 6.80. The molecule has 3 atom stereocenters. The summed E-state index contributed by atoms with van der Waals surface area (Å²) in [5.74, 6) is 3.72. The molecule has 0 N–H and O–H groups in total. The Bertz CT molecular complexity index is 173. The molecule has 0 aromatic carbocycles. The third-order valence-corrected chi connectivity index (χ3v) is 4.13. The van der Waals surface area contributed by atoms with Crippen molar-refractivity contribution in [2.24, 2.45) is 29.1 Å². The fourth-order valence-electron chi connectivity index (χ4n) is 3.20. The molecule has 0 nitrogen and oxygen atoms in total. The third-order valence-electron chi connectivity index (χ3n) is 4.13. The van der Waals surface area contributed by atoms with E-state index < -0.39 is 0 Å². The van der Waals surface area contributed by atoms with Crippen molar-refractivity contribution in [2.45, 2.75) is 60.8 Å². The molecule has 1 fully saturated rings. The van der Waals surface area contributed by atoms with E-state index in [-0.39, 0.29) is 0 Å². The molecule has 0 aliphatic heterocycles. The fourth-order valence-corrected chi connectivity index (χ4v) is 3.20. The van der Waals surface area contributed by atoms with Crippen LogP contribution in [0.25, 0.3) is 0 Å². The summed E-state index contributed by atoms with van der Waals surface area (Å²) in [5, 5.41) is 0. The Kier molecular flexibility index (Phi) is 3.66. The quantitative estimate of drug-likeness (QED) is 0.568. The van der Waals surface area contributed by atoms with Gasteiger partial charge in [0, 0.05) is 0 Å². The lowest BCUT2D eigenvalue weighted by molar-refractivity contribution is 0.0538. The van der Waals surface area contributed by atoms with Crippen molar-refractivity contribution < 1.29 is 0 Å². The van der Waals surface area contributed by atoms with Crippen molar-refractivity contribution in [3.63, 3.8) is 0 Å². The van der Waals surface area contributed by atoms with Crippen LogP contribution in [0.15, 0.2) is 0 Å². The summed E-state index contributed by atoms with van der Waals surface area (Å²) in [6, 6.07) is 0. The van der Waals surface area contributed by atoms with E-state index in [2.05, 4.69) is 41.5 Å². The molecule has 0 radical (unpaired) electrons. The largest absolute Gasteiger partial charge is 0.0625 e. The molecule has 0 bridgehead atoms. The lowest BCUT2D eigenvalue weighted by atomic mass is 9.61. The molecule has 0 unspecified atom stereocenters. The second-order valence-corrected chi connectivity index (χ2v) is 6.80. The Hall–Kier alpha value is 0. The molecule has 14 heavy (non-hydrogen) atoms. The van der Waals surface area contributed by atoms with E-state index >= 15 is 0 Å². The van der Waals surface area contributed by atoms with E-state index in [4.69, 9.17) is 0 Å². The molecule has 0 spiro atoms. The van der Waals surface area contributed by atoms with Crippen LogP contribution in [-0.2, 0) is 0 Å². The van der Waals surface area contributed by atoms with Gasteiger partial charge >= 0.3 is 0 Å². The van der Waals surface area contributed by atoms with Gasteiger partial charge in [-0.1, -0.05) is 48.0 Å². The molecule has 84 valence electrons. The lowest BCUT2D eigenvalue weighted by Crippen LogP contribution is -2.36. The van der Waals surface area contributed by atoms with Crippen molar-refractivity contribution in [1.82, 2.24) is 0 Å². The average molecular weight is 196 g/mol. The Labute approximate surface area is 90.5 Å². The van der Waals surface area contributed by atoms with E-state index in [0.717, 1.165) is 23.7 Å². The molecule has 1 aliphatic carbocycles. The standard InChI is InChI=1S/C14H28/c1-10(2)12-8-7-11(3)9-13(12)14(4,5)6/h10-13H,7-9H2,1-6H3/t11-,12+,13-/m1/s1. The van der Waals surface area contributed by atoms with E-state index in [9.17, 15) is 0 Å². The molecule has 0 heterocycles. The normalized spacial score (nSPS) is 34.9. The summed E-state index contributed by atoms with van der Waals surface area (Å²) in [6.45, 7) is 14.5. The van der Waals surface area contributed by atoms with Gasteiger partial charge in [0.2, 0.25) is 0 Å². The Morgan fingerprint density at radius 3 is 2.07 bits per heavy atom. The molecule has 0 saturated heterocycles. The SMILES string of the molecule is CC(C)[C@@H]1CC[C@@H](C)C[C@H]1C(C)(C)C. The molecular formula is C14H28. The smallest absolute Gasteiger partial charge is 0.0332 e. The zero-order valence-corrected chi connectivity index (χ0v) is 10.9. The summed E-state index contributed by atoms with van der Waals surface area (Å²) >= 11 is 0. The van der Waals surface area contributed by atoms with Crippen molar-refractivity contribution in [3.8, 4) is 0 Å². The molecule has 0 amide bonds. The van der Waals surface area contributed by atoms with E-state index in [1.165, 1.54) is 19.3 Å². The summed E-state index contributed by atoms with van der Waals surface area (Å²) in [5.41, 5.74) is 0.504. The zero-order valence-electron chi connectivity index (χ0n) is 10.9. The van der Waals surface area contributed by atoms with Crippen LogP contribution in [0.2, 0.25) is 0 Å². The monoisotopic (exact) mass is 196 g/mol. The fraction of sp³-hybridized carbons (Fsp3) is 1.00. The van der Waals surface area contributed by atoms with Crippen LogP contribution < -0.4 is 0 Å². The highest BCUT2D eigenvalue weighted by Gasteiger charge is 2.37. The Morgan fingerprint density at radius 2 is 1.64 bits per heavy atom. The van der Waals surface area contributed by atoms with Gasteiger partial charge in [-0.3, -0.25) is 0 Å². The highest BCUT2D eigenvalue weighted by Crippen LogP contribution is 2.46. The summed E-state index contributed by atoms with van der Waals surface area (Å²) in [6.07, 6.45) is 4.36. The van der Waals surface area contributed by atoms with Crippen LogP contribution in [-0.4, -0.2) is 0 Å². The summed E-state index contributed by atoms with van der Waals surface area (Å²) in [7, 11) is 0. The predicted octanol–water partition coefficient (Wildman–Crippen LogP) is 4.74. The molecule has 0 heteroatoms. The van der Waals surface area contributed by atoms with Gasteiger partial charge in [0.15, 0.2) is 0 Å². The molecule has 1 saturated carbocycles. The Morgan fingerprint density at radius 1 is 1.07 bits per heavy atom. The van der Waals surface area contributed by atoms with E-state index in [1.807, 2.05) is 0 Å². The molecule has 0 aromatic heterocycles. The van der Waals surface area contributed by atoms with Crippen molar-refractivity contribution in [2.75, 3.05) is 0 Å². The minimum atomic E-state index is 0.504. The van der Waals surface area contributed by atoms with Gasteiger partial charge in [-0.25, -0.2) is 0 Å². The zero-order chi connectivity index (χ0) is 10.9. The first-order valence-electron chi connectivity index (χ1n) is 6.32. The van der Waals surface area contributed by atoms with Crippen molar-refractivity contribution >= 4 is 0 Å². The molecule has 0 aromatic rings. The highest BCUT2D eigenvalue weighted by atomic mass is 14.4. The molecule has 1 rings (SSSR count). The van der Waals surface area contributed by atoms with Crippen LogP contribution >= 0.6 is 0 Å². The predicted molar refractivity (Wildman–Crippen MR) is 64.3 cm³/mol. The van der Waals surface area contributed by atoms with Gasteiger partial charge < -0.3 is 0 Å². The van der Waals surface area contributed by atoms with Crippen molar-refractivity contribution in [1.29, 1.82) is 0 Å². The molecule has 1 aliphatic rings. The highest BCUT2D eigenvalue weighted by molar-refractivity contribution is 4.87. The van der Waals surface area contributed by atoms with Gasteiger partial charge in [0.25, 0.3) is 0 Å². The van der Waals surface area contributed by atoms with Crippen LogP contribution in [0.3, 0.4) is 0 Å². The van der Waals surface area contributed by atoms with Gasteiger partial charge in [-0.2, -0.15) is 0 Å². The van der Waals surface area contributed by atoms with E-state index in [1.54, 1.807) is 0 Å². The minimum Gasteiger partial charge on any atom is -0.0625 e. The number of rotatable bonds is 1. The number of hydrogen-bond donors (Lipinski definition) is 0. The topological polar surface area (TPSA) is 0 Å². The Balaban J connectivity index is 2.74. The lowest BCUT2D eigenvalue weighted by Gasteiger charge is -2.44. The van der Waals surface area contributed by atoms with Gasteiger partial charge in [0.1, 0.15) is 0 Å². The third kappa shape index (κ3) is 2.74. The first-order chi connectivity index (χ1) is 6.32. The first-order valence-corrected chi connectivity index (χ1v) is 6.32. The number of hydrogen-bond acceptors (Lipinski definition) is 0. The maximum atomic E-state index is 2.43. The van der Waals surface area contributed by atoms with Crippen LogP contribution in [0.4, 0.5) is 0 Å². The average Bonchev–Trinajstić information content (AvgIpc) is 2.01. The molecular weight excluding hydrogens is 168 g/mol. The summed E-state index contributed by atoms with van der Waals surface area (Å²) < 4.78 is 0. The minimum absolute atomic E-state index is 0.504. The maximum absolute atomic E-state index is 2.43. The van der Waals surface area contributed by atoms with Crippen LogP contribution in [0.1, 0.15) is 60.8 Å². The van der Waals surface area contributed by atoms with Crippen LogP contribution in [0, 0.1) is 29.1 Å². The van der Waals surface area contributed by atoms with E-state index in [0.29, 0.717) is 5.41 Å². The first kappa shape index (κ1) is 12.1. The summed E-state index contributed by atoms with van der Waals surface area (Å²) in [4.78, 5) is 0. The maximum Gasteiger partial charge on any atom is -0.0332 e. The van der Waals surface area contributed by atoms with Crippen LogP contribution in [0.5, 0.6) is 0 Å². The van der Waals surface area contributed by atoms with Crippen molar-refractivity contribution in [3.05, 3.63) is 0 Å². The second kappa shape index (κ2) is 4.24. The van der Waals surface area contributed by atoms with Gasteiger partial charge in [0.05, 0.1) is 0 Å². The van der Waals surface area contributed by atoms with Gasteiger partial charge in [-0.05, 0) is 41.9 Å².